The van der Waals surface area contributed by atoms with Crippen molar-refractivity contribution >= 4 is 30.8 Å². The number of rotatable bonds is 5. The number of allylic oxidation sites excluding steroid dienone is 1. The summed E-state index contributed by atoms with van der Waals surface area (Å²) >= 11 is 0. The molecule has 1 unspecified atom stereocenters. The van der Waals surface area contributed by atoms with Crippen LogP contribution in [0, 0.1) is 6.92 Å². The number of hydrogen-bond donors (Lipinski definition) is 0. The van der Waals surface area contributed by atoms with E-state index in [2.05, 4.69) is 102 Å². The molecule has 1 aliphatic rings. The first kappa shape index (κ1) is 21.6. The van der Waals surface area contributed by atoms with Crippen molar-refractivity contribution in [2.45, 2.75) is 52.1 Å². The second-order valence-corrected chi connectivity index (χ2v) is 12.3. The Balaban J connectivity index is 1.87. The fraction of sp³-hybridized carbons (Fsp3) is 0.310. The summed E-state index contributed by atoms with van der Waals surface area (Å²) < 4.78 is 6.36. The molecule has 0 spiro atoms. The smallest absolute Gasteiger partial charge is 0.122 e. The second kappa shape index (κ2) is 8.16. The molecule has 0 N–H and O–H groups in total. The minimum Gasteiger partial charge on any atom is -0.489 e. The normalized spacial score (nSPS) is 15.8. The molecule has 1 atom stereocenters. The molecule has 0 amide bonds. The van der Waals surface area contributed by atoms with Gasteiger partial charge in [0.25, 0.3) is 0 Å². The van der Waals surface area contributed by atoms with Crippen LogP contribution in [0.25, 0.3) is 16.8 Å². The standard InChI is InChI=1S/C29H33OSi/c1-8-15-30-27-25(29(4,5)6)16-19(2)17-26(27)31(7)28-20(3)18-24-22-12-10-9-11-21(22)13-14-23(24)28/h8-14,16-18,28H,1,15H2,2-7H3. The summed E-state index contributed by atoms with van der Waals surface area (Å²) in [6, 6.07) is 18.0. The minimum absolute atomic E-state index is 0.0219. The van der Waals surface area contributed by atoms with E-state index in [4.69, 9.17) is 4.74 Å². The maximum atomic E-state index is 6.36. The summed E-state index contributed by atoms with van der Waals surface area (Å²) in [4.78, 5) is 0. The fourth-order valence-corrected chi connectivity index (χ4v) is 7.75. The monoisotopic (exact) mass is 425 g/mol. The Morgan fingerprint density at radius 3 is 2.52 bits per heavy atom. The van der Waals surface area contributed by atoms with E-state index in [1.165, 1.54) is 43.8 Å². The van der Waals surface area contributed by atoms with Crippen LogP contribution in [0.5, 0.6) is 5.75 Å². The number of benzene rings is 3. The number of fused-ring (bicyclic) bond motifs is 3. The average Bonchev–Trinajstić information content (AvgIpc) is 3.07. The molecule has 1 aliphatic carbocycles. The lowest BCUT2D eigenvalue weighted by Crippen LogP contribution is -2.37. The summed E-state index contributed by atoms with van der Waals surface area (Å²) in [5.41, 5.74) is 7.43. The number of hydrogen-bond acceptors (Lipinski definition) is 1. The molecule has 0 aliphatic heterocycles. The van der Waals surface area contributed by atoms with Gasteiger partial charge >= 0.3 is 0 Å². The van der Waals surface area contributed by atoms with Gasteiger partial charge in [0.15, 0.2) is 0 Å². The highest BCUT2D eigenvalue weighted by Gasteiger charge is 2.34. The van der Waals surface area contributed by atoms with Crippen molar-refractivity contribution in [3.05, 3.63) is 89.0 Å². The van der Waals surface area contributed by atoms with Gasteiger partial charge in [0, 0.05) is 5.54 Å². The predicted molar refractivity (Wildman–Crippen MR) is 137 cm³/mol. The van der Waals surface area contributed by atoms with E-state index >= 15 is 0 Å². The van der Waals surface area contributed by atoms with Crippen molar-refractivity contribution in [3.63, 3.8) is 0 Å². The molecule has 0 saturated heterocycles. The summed E-state index contributed by atoms with van der Waals surface area (Å²) in [7, 11) is -0.964. The van der Waals surface area contributed by atoms with Gasteiger partial charge in [0.2, 0.25) is 0 Å². The van der Waals surface area contributed by atoms with Gasteiger partial charge in [-0.25, -0.2) is 0 Å². The van der Waals surface area contributed by atoms with E-state index in [-0.39, 0.29) is 5.41 Å². The van der Waals surface area contributed by atoms with Gasteiger partial charge in [-0.15, -0.1) is 0 Å². The molecule has 1 radical (unpaired) electrons. The Kier molecular flexibility index (Phi) is 5.70. The lowest BCUT2D eigenvalue weighted by atomic mass is 9.85. The van der Waals surface area contributed by atoms with Gasteiger partial charge < -0.3 is 4.74 Å². The van der Waals surface area contributed by atoms with E-state index in [9.17, 15) is 0 Å². The fourth-order valence-electron chi connectivity index (χ4n) is 4.93. The van der Waals surface area contributed by atoms with Crippen molar-refractivity contribution in [2.24, 2.45) is 0 Å². The number of aryl methyl sites for hydroxylation is 1. The van der Waals surface area contributed by atoms with Crippen molar-refractivity contribution in [1.82, 2.24) is 0 Å². The predicted octanol–water partition coefficient (Wildman–Crippen LogP) is 7.08. The Morgan fingerprint density at radius 1 is 1.06 bits per heavy atom. The van der Waals surface area contributed by atoms with Crippen molar-refractivity contribution in [3.8, 4) is 5.75 Å². The van der Waals surface area contributed by atoms with Gasteiger partial charge in [-0.3, -0.25) is 0 Å². The maximum Gasteiger partial charge on any atom is 0.122 e. The zero-order valence-electron chi connectivity index (χ0n) is 19.7. The topological polar surface area (TPSA) is 9.23 Å². The third kappa shape index (κ3) is 3.90. The molecular formula is C29H33OSi. The lowest BCUT2D eigenvalue weighted by molar-refractivity contribution is 0.354. The van der Waals surface area contributed by atoms with Gasteiger partial charge in [-0.2, -0.15) is 0 Å². The van der Waals surface area contributed by atoms with E-state index in [1.807, 2.05) is 6.08 Å². The van der Waals surface area contributed by atoms with Crippen molar-refractivity contribution < 1.29 is 4.74 Å². The van der Waals surface area contributed by atoms with Crippen LogP contribution in [0.3, 0.4) is 0 Å². The summed E-state index contributed by atoms with van der Waals surface area (Å²) in [5.74, 6) is 1.08. The first-order valence-electron chi connectivity index (χ1n) is 11.1. The highest BCUT2D eigenvalue weighted by molar-refractivity contribution is 6.75. The Bertz CT molecular complexity index is 1180. The van der Waals surface area contributed by atoms with E-state index in [0.29, 0.717) is 12.1 Å². The lowest BCUT2D eigenvalue weighted by Gasteiger charge is -2.29. The van der Waals surface area contributed by atoms with Gasteiger partial charge in [0.05, 0.1) is 8.80 Å². The van der Waals surface area contributed by atoms with Crippen LogP contribution in [0.15, 0.2) is 66.8 Å². The van der Waals surface area contributed by atoms with Crippen molar-refractivity contribution in [1.29, 1.82) is 0 Å². The Hall–Kier alpha value is -2.58. The summed E-state index contributed by atoms with van der Waals surface area (Å²) in [5, 5.41) is 4.08. The third-order valence-electron chi connectivity index (χ3n) is 6.39. The molecule has 2 heteroatoms. The van der Waals surface area contributed by atoms with Crippen molar-refractivity contribution in [2.75, 3.05) is 6.61 Å². The van der Waals surface area contributed by atoms with Gasteiger partial charge in [-0.1, -0.05) is 106 Å². The van der Waals surface area contributed by atoms with E-state index in [1.54, 1.807) is 0 Å². The molecule has 0 bridgehead atoms. The van der Waals surface area contributed by atoms with Crippen LogP contribution < -0.4 is 9.92 Å². The highest BCUT2D eigenvalue weighted by Crippen LogP contribution is 2.42. The Labute approximate surface area is 189 Å². The zero-order chi connectivity index (χ0) is 22.3. The zero-order valence-corrected chi connectivity index (χ0v) is 20.7. The van der Waals surface area contributed by atoms with Crippen LogP contribution in [0.4, 0.5) is 0 Å². The van der Waals surface area contributed by atoms with Crippen LogP contribution in [0.2, 0.25) is 6.55 Å². The molecule has 1 nitrogen and oxygen atoms in total. The molecule has 0 saturated carbocycles. The molecule has 0 fully saturated rings. The molecule has 3 aromatic rings. The highest BCUT2D eigenvalue weighted by atomic mass is 28.3. The van der Waals surface area contributed by atoms with Crippen LogP contribution in [0.1, 0.15) is 55.5 Å². The minimum atomic E-state index is -0.964. The average molecular weight is 426 g/mol. The molecule has 4 rings (SSSR count). The largest absolute Gasteiger partial charge is 0.489 e. The molecule has 159 valence electrons. The van der Waals surface area contributed by atoms with Gasteiger partial charge in [0.1, 0.15) is 12.4 Å². The maximum absolute atomic E-state index is 6.36. The molecule has 0 heterocycles. The second-order valence-electron chi connectivity index (χ2n) is 9.83. The van der Waals surface area contributed by atoms with E-state index < -0.39 is 8.80 Å². The molecule has 31 heavy (non-hydrogen) atoms. The SMILES string of the molecule is C=CCOc1c([Si](C)C2C(C)=Cc3c2ccc2ccccc32)cc(C)cc1C(C)(C)C. The van der Waals surface area contributed by atoms with Crippen LogP contribution >= 0.6 is 0 Å². The number of ether oxygens (including phenoxy) is 1. The quantitative estimate of drug-likeness (QED) is 0.313. The van der Waals surface area contributed by atoms with Crippen LogP contribution in [-0.4, -0.2) is 15.4 Å². The van der Waals surface area contributed by atoms with E-state index in [0.717, 1.165) is 5.75 Å². The first-order valence-corrected chi connectivity index (χ1v) is 13.2. The molecular weight excluding hydrogens is 392 g/mol. The molecule has 3 aromatic carbocycles. The third-order valence-corrected chi connectivity index (χ3v) is 9.24. The first-order chi connectivity index (χ1) is 14.7. The Morgan fingerprint density at radius 2 is 1.81 bits per heavy atom. The molecule has 0 aromatic heterocycles. The van der Waals surface area contributed by atoms with Gasteiger partial charge in [-0.05, 0) is 51.9 Å². The summed E-state index contributed by atoms with van der Waals surface area (Å²) in [6.45, 7) is 18.2. The van der Waals surface area contributed by atoms with Crippen LogP contribution in [-0.2, 0) is 5.41 Å². The summed E-state index contributed by atoms with van der Waals surface area (Å²) in [6.07, 6.45) is 4.27.